The molecule has 1 unspecified atom stereocenters. The molecular weight excluding hydrogens is 340 g/mol. The van der Waals surface area contributed by atoms with Crippen LogP contribution in [0.15, 0.2) is 36.8 Å². The smallest absolute Gasteiger partial charge is 0.274 e. The maximum Gasteiger partial charge on any atom is 0.274 e. The Bertz CT molecular complexity index is 758. The zero-order chi connectivity index (χ0) is 18.6. The van der Waals surface area contributed by atoms with Crippen LogP contribution in [0.3, 0.4) is 0 Å². The normalized spacial score (nSPS) is 20.6. The van der Waals surface area contributed by atoms with Gasteiger partial charge >= 0.3 is 0 Å². The van der Waals surface area contributed by atoms with Crippen molar-refractivity contribution in [3.05, 3.63) is 42.5 Å². The predicted molar refractivity (Wildman–Crippen MR) is 105 cm³/mol. The van der Waals surface area contributed by atoms with Crippen molar-refractivity contribution in [2.45, 2.75) is 19.8 Å². The van der Waals surface area contributed by atoms with Gasteiger partial charge in [-0.15, -0.1) is 0 Å². The maximum atomic E-state index is 12.8. The molecule has 4 heterocycles. The van der Waals surface area contributed by atoms with Crippen LogP contribution in [0, 0.1) is 5.92 Å². The van der Waals surface area contributed by atoms with E-state index in [1.807, 2.05) is 23.1 Å². The molecule has 4 rings (SSSR count). The Hall–Kier alpha value is -2.70. The van der Waals surface area contributed by atoms with Gasteiger partial charge in [-0.1, -0.05) is 13.0 Å². The maximum absolute atomic E-state index is 12.8. The van der Waals surface area contributed by atoms with E-state index in [4.69, 9.17) is 0 Å². The second kappa shape index (κ2) is 7.90. The monoisotopic (exact) mass is 366 g/mol. The Balaban J connectivity index is 1.36. The van der Waals surface area contributed by atoms with Gasteiger partial charge in [0.05, 0.1) is 12.4 Å². The number of pyridine rings is 1. The number of carbonyl (C=O) groups excluding carboxylic acids is 1. The first-order valence-electron chi connectivity index (χ1n) is 9.73. The molecular formula is C20H26N6O. The van der Waals surface area contributed by atoms with Crippen LogP contribution in [0.4, 0.5) is 11.6 Å². The van der Waals surface area contributed by atoms with Gasteiger partial charge in [0.25, 0.3) is 5.91 Å². The summed E-state index contributed by atoms with van der Waals surface area (Å²) in [5, 5.41) is 0. The van der Waals surface area contributed by atoms with E-state index in [9.17, 15) is 4.79 Å². The molecule has 2 fully saturated rings. The van der Waals surface area contributed by atoms with Gasteiger partial charge in [-0.3, -0.25) is 4.79 Å². The highest BCUT2D eigenvalue weighted by molar-refractivity contribution is 5.92. The van der Waals surface area contributed by atoms with Crippen molar-refractivity contribution < 1.29 is 4.79 Å². The third kappa shape index (κ3) is 4.02. The minimum atomic E-state index is -0.0401. The highest BCUT2D eigenvalue weighted by Crippen LogP contribution is 2.21. The Kier molecular flexibility index (Phi) is 5.18. The lowest BCUT2D eigenvalue weighted by atomic mass is 10.0. The average Bonchev–Trinajstić information content (AvgIpc) is 2.74. The fraction of sp³-hybridized carbons (Fsp3) is 0.500. The van der Waals surface area contributed by atoms with Crippen molar-refractivity contribution in [3.8, 4) is 0 Å². The molecule has 2 aromatic rings. The van der Waals surface area contributed by atoms with Crippen LogP contribution < -0.4 is 9.80 Å². The van der Waals surface area contributed by atoms with Crippen LogP contribution in [0.25, 0.3) is 0 Å². The minimum Gasteiger partial charge on any atom is -0.355 e. The van der Waals surface area contributed by atoms with Gasteiger partial charge in [-0.05, 0) is 30.9 Å². The van der Waals surface area contributed by atoms with E-state index in [0.717, 1.165) is 37.8 Å². The lowest BCUT2D eigenvalue weighted by molar-refractivity contribution is 0.0740. The van der Waals surface area contributed by atoms with Crippen LogP contribution in [-0.2, 0) is 0 Å². The van der Waals surface area contributed by atoms with Gasteiger partial charge in [0.1, 0.15) is 17.3 Å². The molecule has 2 aliphatic heterocycles. The highest BCUT2D eigenvalue weighted by atomic mass is 16.2. The van der Waals surface area contributed by atoms with Gasteiger partial charge in [0.2, 0.25) is 0 Å². The third-order valence-electron chi connectivity index (χ3n) is 5.38. The molecule has 27 heavy (non-hydrogen) atoms. The standard InChI is InChI=1S/C20H26N6O/c1-16-5-4-8-26(15-16)19-14-22-17(13-23-19)20(27)25-11-9-24(10-12-25)18-6-2-3-7-21-18/h2-3,6-7,13-14,16H,4-5,8-12,15H2,1H3. The van der Waals surface area contributed by atoms with Gasteiger partial charge in [-0.25, -0.2) is 15.0 Å². The first kappa shape index (κ1) is 17.7. The van der Waals surface area contributed by atoms with Gasteiger partial charge in [0, 0.05) is 45.5 Å². The van der Waals surface area contributed by atoms with E-state index >= 15 is 0 Å². The van der Waals surface area contributed by atoms with Crippen LogP contribution in [0.1, 0.15) is 30.3 Å². The molecule has 0 aromatic carbocycles. The fourth-order valence-electron chi connectivity index (χ4n) is 3.83. The zero-order valence-electron chi connectivity index (χ0n) is 15.8. The summed E-state index contributed by atoms with van der Waals surface area (Å²) >= 11 is 0. The molecule has 0 saturated carbocycles. The van der Waals surface area contributed by atoms with E-state index in [0.29, 0.717) is 24.7 Å². The van der Waals surface area contributed by atoms with Crippen LogP contribution in [0.5, 0.6) is 0 Å². The second-order valence-electron chi connectivity index (χ2n) is 7.42. The van der Waals surface area contributed by atoms with E-state index in [-0.39, 0.29) is 5.91 Å². The van der Waals surface area contributed by atoms with Crippen LogP contribution >= 0.6 is 0 Å². The molecule has 2 aromatic heterocycles. The summed E-state index contributed by atoms with van der Waals surface area (Å²) in [6, 6.07) is 5.90. The SMILES string of the molecule is CC1CCCN(c2cnc(C(=O)N3CCN(c4ccccn4)CC3)cn2)C1. The summed E-state index contributed by atoms with van der Waals surface area (Å²) in [6.45, 7) is 7.19. The van der Waals surface area contributed by atoms with Crippen molar-refractivity contribution in [2.75, 3.05) is 49.1 Å². The molecule has 7 heteroatoms. The quantitative estimate of drug-likeness (QED) is 0.829. The Morgan fingerprint density at radius 1 is 0.963 bits per heavy atom. The molecule has 0 bridgehead atoms. The van der Waals surface area contributed by atoms with Crippen LogP contribution in [-0.4, -0.2) is 65.0 Å². The number of hydrogen-bond acceptors (Lipinski definition) is 6. The number of nitrogens with zero attached hydrogens (tertiary/aromatic N) is 6. The van der Waals surface area contributed by atoms with E-state index < -0.39 is 0 Å². The highest BCUT2D eigenvalue weighted by Gasteiger charge is 2.24. The minimum absolute atomic E-state index is 0.0401. The van der Waals surface area contributed by atoms with Crippen molar-refractivity contribution in [3.63, 3.8) is 0 Å². The molecule has 0 radical (unpaired) electrons. The third-order valence-corrected chi connectivity index (χ3v) is 5.38. The lowest BCUT2D eigenvalue weighted by Gasteiger charge is -2.35. The molecule has 1 amide bonds. The molecule has 7 nitrogen and oxygen atoms in total. The number of anilines is 2. The largest absolute Gasteiger partial charge is 0.355 e. The van der Waals surface area contributed by atoms with Gasteiger partial charge in [0.15, 0.2) is 0 Å². The van der Waals surface area contributed by atoms with Gasteiger partial charge < -0.3 is 14.7 Å². The molecule has 1 atom stereocenters. The zero-order valence-corrected chi connectivity index (χ0v) is 15.8. The average molecular weight is 366 g/mol. The summed E-state index contributed by atoms with van der Waals surface area (Å²) in [4.78, 5) is 32.4. The Labute approximate surface area is 160 Å². The van der Waals surface area contributed by atoms with Gasteiger partial charge in [-0.2, -0.15) is 0 Å². The summed E-state index contributed by atoms with van der Waals surface area (Å²) in [5.74, 6) is 2.47. The second-order valence-corrected chi connectivity index (χ2v) is 7.42. The van der Waals surface area contributed by atoms with E-state index in [2.05, 4.69) is 31.7 Å². The fourth-order valence-corrected chi connectivity index (χ4v) is 3.83. The summed E-state index contributed by atoms with van der Waals surface area (Å²) in [5.41, 5.74) is 0.426. The Morgan fingerprint density at radius 3 is 2.48 bits per heavy atom. The molecule has 142 valence electrons. The summed E-state index contributed by atoms with van der Waals surface area (Å²) in [6.07, 6.45) is 7.62. The number of hydrogen-bond donors (Lipinski definition) is 0. The molecule has 0 spiro atoms. The number of aromatic nitrogens is 3. The summed E-state index contributed by atoms with van der Waals surface area (Å²) in [7, 11) is 0. The van der Waals surface area contributed by atoms with E-state index in [1.165, 1.54) is 12.8 Å². The lowest BCUT2D eigenvalue weighted by Crippen LogP contribution is -2.49. The molecule has 0 N–H and O–H groups in total. The number of carbonyl (C=O) groups is 1. The number of piperidine rings is 1. The topological polar surface area (TPSA) is 65.5 Å². The number of amides is 1. The first-order valence-corrected chi connectivity index (χ1v) is 9.73. The molecule has 2 saturated heterocycles. The van der Waals surface area contributed by atoms with Crippen molar-refractivity contribution in [1.29, 1.82) is 0 Å². The molecule has 0 aliphatic carbocycles. The van der Waals surface area contributed by atoms with Crippen molar-refractivity contribution in [1.82, 2.24) is 19.9 Å². The van der Waals surface area contributed by atoms with Crippen molar-refractivity contribution >= 4 is 17.5 Å². The predicted octanol–water partition coefficient (Wildman–Crippen LogP) is 2.07. The van der Waals surface area contributed by atoms with Crippen molar-refractivity contribution in [2.24, 2.45) is 5.92 Å². The van der Waals surface area contributed by atoms with E-state index in [1.54, 1.807) is 18.6 Å². The number of piperazine rings is 1. The summed E-state index contributed by atoms with van der Waals surface area (Å²) < 4.78 is 0. The Morgan fingerprint density at radius 2 is 1.81 bits per heavy atom. The first-order chi connectivity index (χ1) is 13.2. The molecule has 2 aliphatic rings. The number of rotatable bonds is 3. The van der Waals surface area contributed by atoms with Crippen LogP contribution in [0.2, 0.25) is 0 Å².